The van der Waals surface area contributed by atoms with E-state index in [-0.39, 0.29) is 5.78 Å². The highest BCUT2D eigenvalue weighted by Crippen LogP contribution is 2.24. The zero-order chi connectivity index (χ0) is 10.1. The Labute approximate surface area is 90.0 Å². The highest BCUT2D eigenvalue weighted by atomic mass is 35.5. The summed E-state index contributed by atoms with van der Waals surface area (Å²) >= 11 is 7.21. The van der Waals surface area contributed by atoms with Crippen LogP contribution in [0, 0.1) is 0 Å². The van der Waals surface area contributed by atoms with Gasteiger partial charge in [0, 0.05) is 19.4 Å². The van der Waals surface area contributed by atoms with E-state index in [1.54, 1.807) is 35.5 Å². The number of hydrogen-bond acceptors (Lipinski definition) is 3. The first-order valence-corrected chi connectivity index (χ1v) is 5.21. The summed E-state index contributed by atoms with van der Waals surface area (Å²) in [5.41, 5.74) is 0.519. The van der Waals surface area contributed by atoms with E-state index in [1.807, 2.05) is 0 Å². The Morgan fingerprint density at radius 1 is 1.64 bits per heavy atom. The number of aryl methyl sites for hydroxylation is 1. The molecule has 2 heterocycles. The minimum Gasteiger partial charge on any atom is -0.331 e. The monoisotopic (exact) mass is 226 g/mol. The minimum absolute atomic E-state index is 0.135. The number of thiophene rings is 1. The van der Waals surface area contributed by atoms with Crippen LogP contribution in [0.15, 0.2) is 23.8 Å². The van der Waals surface area contributed by atoms with Crippen LogP contribution >= 0.6 is 22.9 Å². The first kappa shape index (κ1) is 9.43. The zero-order valence-corrected chi connectivity index (χ0v) is 8.97. The second kappa shape index (κ2) is 3.55. The van der Waals surface area contributed by atoms with Gasteiger partial charge in [-0.3, -0.25) is 4.79 Å². The molecule has 0 fully saturated rings. The van der Waals surface area contributed by atoms with Crippen LogP contribution in [0.4, 0.5) is 0 Å². The molecule has 0 saturated carbocycles. The molecule has 3 nitrogen and oxygen atoms in total. The van der Waals surface area contributed by atoms with Crippen LogP contribution in [0.3, 0.4) is 0 Å². The quantitative estimate of drug-likeness (QED) is 0.737. The lowest BCUT2D eigenvalue weighted by molar-refractivity contribution is 0.102. The van der Waals surface area contributed by atoms with Gasteiger partial charge < -0.3 is 4.57 Å². The molecule has 0 atom stereocenters. The molecule has 5 heteroatoms. The minimum atomic E-state index is -0.135. The van der Waals surface area contributed by atoms with Crippen molar-refractivity contribution in [3.8, 4) is 0 Å². The third-order valence-electron chi connectivity index (χ3n) is 1.89. The van der Waals surface area contributed by atoms with E-state index < -0.39 is 0 Å². The van der Waals surface area contributed by atoms with Gasteiger partial charge in [-0.05, 0) is 11.4 Å². The Morgan fingerprint density at radius 3 is 2.93 bits per heavy atom. The third kappa shape index (κ3) is 1.47. The average Bonchev–Trinajstić information content (AvgIpc) is 2.73. The van der Waals surface area contributed by atoms with Crippen molar-refractivity contribution in [2.24, 2.45) is 7.05 Å². The van der Waals surface area contributed by atoms with Crippen molar-refractivity contribution in [1.29, 1.82) is 0 Å². The van der Waals surface area contributed by atoms with Crippen molar-refractivity contribution in [3.05, 3.63) is 39.6 Å². The molecular weight excluding hydrogens is 220 g/mol. The molecule has 0 bridgehead atoms. The fourth-order valence-electron chi connectivity index (χ4n) is 1.16. The Bertz CT molecular complexity index is 432. The van der Waals surface area contributed by atoms with E-state index in [0.29, 0.717) is 15.7 Å². The molecule has 2 aromatic rings. The summed E-state index contributed by atoms with van der Waals surface area (Å²) in [6, 6.07) is 1.71. The van der Waals surface area contributed by atoms with Gasteiger partial charge in [-0.1, -0.05) is 11.6 Å². The van der Waals surface area contributed by atoms with E-state index in [4.69, 9.17) is 11.6 Å². The lowest BCUT2D eigenvalue weighted by Crippen LogP contribution is -2.07. The lowest BCUT2D eigenvalue weighted by atomic mass is 10.2. The van der Waals surface area contributed by atoms with Crippen molar-refractivity contribution >= 4 is 28.7 Å². The van der Waals surface area contributed by atoms with Crippen LogP contribution in [-0.4, -0.2) is 15.3 Å². The topological polar surface area (TPSA) is 34.9 Å². The van der Waals surface area contributed by atoms with E-state index >= 15 is 0 Å². The van der Waals surface area contributed by atoms with Gasteiger partial charge >= 0.3 is 0 Å². The number of imidazole rings is 1. The Balaban J connectivity index is 2.44. The third-order valence-corrected chi connectivity index (χ3v) is 3.06. The molecule has 0 spiro atoms. The maximum absolute atomic E-state index is 11.8. The number of carbonyl (C=O) groups is 1. The van der Waals surface area contributed by atoms with Crippen LogP contribution in [-0.2, 0) is 7.05 Å². The van der Waals surface area contributed by atoms with E-state index in [9.17, 15) is 4.79 Å². The van der Waals surface area contributed by atoms with Crippen molar-refractivity contribution in [1.82, 2.24) is 9.55 Å². The number of nitrogens with zero attached hydrogens (tertiary/aromatic N) is 2. The first-order chi connectivity index (χ1) is 6.70. The van der Waals surface area contributed by atoms with Gasteiger partial charge in [0.05, 0.1) is 5.56 Å². The van der Waals surface area contributed by atoms with Gasteiger partial charge in [0.2, 0.25) is 5.78 Å². The molecular formula is C9H7ClN2OS. The number of rotatable bonds is 2. The van der Waals surface area contributed by atoms with Gasteiger partial charge in [-0.25, -0.2) is 4.98 Å². The summed E-state index contributed by atoms with van der Waals surface area (Å²) in [5, 5.41) is 1.79. The maximum Gasteiger partial charge on any atom is 0.230 e. The second-order valence-electron chi connectivity index (χ2n) is 2.80. The summed E-state index contributed by atoms with van der Waals surface area (Å²) < 4.78 is 2.19. The van der Waals surface area contributed by atoms with Crippen LogP contribution < -0.4 is 0 Å². The molecule has 0 unspecified atom stereocenters. The molecule has 0 saturated heterocycles. The summed E-state index contributed by atoms with van der Waals surface area (Å²) in [4.78, 5) is 15.8. The van der Waals surface area contributed by atoms with Crippen molar-refractivity contribution in [3.63, 3.8) is 0 Å². The van der Waals surface area contributed by atoms with Crippen molar-refractivity contribution in [2.75, 3.05) is 0 Å². The Hall–Kier alpha value is -1.13. The summed E-state index contributed by atoms with van der Waals surface area (Å²) in [5.74, 6) is 0.272. The largest absolute Gasteiger partial charge is 0.331 e. The Kier molecular flexibility index (Phi) is 2.39. The van der Waals surface area contributed by atoms with Crippen molar-refractivity contribution < 1.29 is 4.79 Å². The summed E-state index contributed by atoms with van der Waals surface area (Å²) in [7, 11) is 1.78. The predicted molar refractivity (Wildman–Crippen MR) is 56.0 cm³/mol. The SMILES string of the molecule is Cn1ccnc1C(=O)c1ccsc1Cl. The van der Waals surface area contributed by atoms with Gasteiger partial charge in [0.25, 0.3) is 0 Å². The predicted octanol–water partition coefficient (Wildman–Crippen LogP) is 2.37. The van der Waals surface area contributed by atoms with Gasteiger partial charge in [-0.15, -0.1) is 11.3 Å². The van der Waals surface area contributed by atoms with E-state index in [0.717, 1.165) is 0 Å². The second-order valence-corrected chi connectivity index (χ2v) is 4.32. The molecule has 0 aliphatic heterocycles. The molecule has 0 radical (unpaired) electrons. The smallest absolute Gasteiger partial charge is 0.230 e. The molecule has 0 aliphatic carbocycles. The molecule has 0 aromatic carbocycles. The van der Waals surface area contributed by atoms with Crippen molar-refractivity contribution in [2.45, 2.75) is 0 Å². The lowest BCUT2D eigenvalue weighted by Gasteiger charge is -1.98. The standard InChI is InChI=1S/C9H7ClN2OS/c1-12-4-3-11-9(12)7(13)6-2-5-14-8(6)10/h2-5H,1H3. The van der Waals surface area contributed by atoms with E-state index in [1.165, 1.54) is 11.3 Å². The molecule has 0 amide bonds. The van der Waals surface area contributed by atoms with Crippen LogP contribution in [0.1, 0.15) is 16.2 Å². The normalized spacial score (nSPS) is 10.4. The van der Waals surface area contributed by atoms with Crippen LogP contribution in [0.5, 0.6) is 0 Å². The molecule has 0 aliphatic rings. The Morgan fingerprint density at radius 2 is 2.43 bits per heavy atom. The van der Waals surface area contributed by atoms with Crippen LogP contribution in [0.2, 0.25) is 4.34 Å². The molecule has 14 heavy (non-hydrogen) atoms. The highest BCUT2D eigenvalue weighted by Gasteiger charge is 2.17. The average molecular weight is 227 g/mol. The van der Waals surface area contributed by atoms with E-state index in [2.05, 4.69) is 4.98 Å². The van der Waals surface area contributed by atoms with Gasteiger partial charge in [-0.2, -0.15) is 0 Å². The highest BCUT2D eigenvalue weighted by molar-refractivity contribution is 7.14. The van der Waals surface area contributed by atoms with Gasteiger partial charge in [0.15, 0.2) is 5.82 Å². The van der Waals surface area contributed by atoms with Crippen LogP contribution in [0.25, 0.3) is 0 Å². The maximum atomic E-state index is 11.8. The zero-order valence-electron chi connectivity index (χ0n) is 7.40. The molecule has 72 valence electrons. The summed E-state index contributed by atoms with van der Waals surface area (Å²) in [6.07, 6.45) is 3.32. The fourth-order valence-corrected chi connectivity index (χ4v) is 2.08. The number of aromatic nitrogens is 2. The fraction of sp³-hybridized carbons (Fsp3) is 0.111. The van der Waals surface area contributed by atoms with Gasteiger partial charge in [0.1, 0.15) is 4.34 Å². The number of halogens is 1. The molecule has 2 aromatic heterocycles. The molecule has 2 rings (SSSR count). The number of carbonyl (C=O) groups excluding carboxylic acids is 1. The molecule has 0 N–H and O–H groups in total. The number of hydrogen-bond donors (Lipinski definition) is 0. The summed E-state index contributed by atoms with van der Waals surface area (Å²) in [6.45, 7) is 0. The first-order valence-electron chi connectivity index (χ1n) is 3.95. The number of ketones is 1.